The molecule has 1 aliphatic heterocycles. The second kappa shape index (κ2) is 7.09. The molecule has 1 aliphatic rings. The van der Waals surface area contributed by atoms with Crippen molar-refractivity contribution < 1.29 is 19.1 Å². The van der Waals surface area contributed by atoms with Crippen LogP contribution in [0.2, 0.25) is 0 Å². The molecule has 2 rings (SSSR count). The Hall–Kier alpha value is -2.63. The molecular weight excluding hydrogens is 296 g/mol. The summed E-state index contributed by atoms with van der Waals surface area (Å²) in [4.78, 5) is 37.2. The van der Waals surface area contributed by atoms with E-state index < -0.39 is 6.10 Å². The number of ketones is 1. The Balaban J connectivity index is 2.07. The van der Waals surface area contributed by atoms with Crippen LogP contribution in [0.1, 0.15) is 30.1 Å². The van der Waals surface area contributed by atoms with Gasteiger partial charge in [-0.05, 0) is 25.1 Å². The van der Waals surface area contributed by atoms with Crippen LogP contribution in [0.5, 0.6) is 5.75 Å². The number of rotatable bonds is 6. The van der Waals surface area contributed by atoms with Gasteiger partial charge < -0.3 is 15.0 Å². The number of ether oxygens (including phenoxy) is 1. The minimum absolute atomic E-state index is 0.108. The predicted molar refractivity (Wildman–Crippen MR) is 86.7 cm³/mol. The number of benzene rings is 1. The zero-order valence-corrected chi connectivity index (χ0v) is 13.3. The molecule has 0 fully saturated rings. The Morgan fingerprint density at radius 3 is 2.83 bits per heavy atom. The molecule has 1 aromatic carbocycles. The fourth-order valence-electron chi connectivity index (χ4n) is 2.33. The highest BCUT2D eigenvalue weighted by atomic mass is 16.5. The van der Waals surface area contributed by atoms with Crippen molar-refractivity contribution in [3.05, 3.63) is 36.4 Å². The lowest BCUT2D eigenvalue weighted by Crippen LogP contribution is -2.42. The van der Waals surface area contributed by atoms with E-state index in [4.69, 9.17) is 4.74 Å². The van der Waals surface area contributed by atoms with Crippen LogP contribution < -0.4 is 15.0 Å². The van der Waals surface area contributed by atoms with E-state index in [-0.39, 0.29) is 30.4 Å². The molecule has 23 heavy (non-hydrogen) atoms. The van der Waals surface area contributed by atoms with Gasteiger partial charge in [-0.1, -0.05) is 6.08 Å². The van der Waals surface area contributed by atoms with Crippen LogP contribution in [0.25, 0.3) is 0 Å². The Bertz CT molecular complexity index is 654. The van der Waals surface area contributed by atoms with E-state index in [1.807, 2.05) is 0 Å². The first-order valence-corrected chi connectivity index (χ1v) is 7.43. The van der Waals surface area contributed by atoms with Crippen molar-refractivity contribution in [3.63, 3.8) is 0 Å². The Morgan fingerprint density at radius 2 is 2.13 bits per heavy atom. The molecule has 1 heterocycles. The molecule has 1 N–H and O–H groups in total. The third-order valence-electron chi connectivity index (χ3n) is 3.65. The summed E-state index contributed by atoms with van der Waals surface area (Å²) in [7, 11) is 1.65. The molecule has 6 nitrogen and oxygen atoms in total. The second-order valence-corrected chi connectivity index (χ2v) is 5.36. The van der Waals surface area contributed by atoms with Crippen LogP contribution in [0, 0.1) is 0 Å². The Labute approximate surface area is 135 Å². The van der Waals surface area contributed by atoms with Gasteiger partial charge in [0.1, 0.15) is 5.75 Å². The van der Waals surface area contributed by atoms with Crippen LogP contribution in [0.15, 0.2) is 30.9 Å². The van der Waals surface area contributed by atoms with Crippen LogP contribution >= 0.6 is 0 Å². The van der Waals surface area contributed by atoms with Gasteiger partial charge in [-0.3, -0.25) is 14.4 Å². The summed E-state index contributed by atoms with van der Waals surface area (Å²) in [6.07, 6.45) is 1.27. The van der Waals surface area contributed by atoms with Gasteiger partial charge in [0.15, 0.2) is 11.9 Å². The van der Waals surface area contributed by atoms with E-state index in [1.54, 1.807) is 38.2 Å². The molecule has 1 atom stereocenters. The SMILES string of the molecule is C=CCNC(=O)CCC(=O)c1ccc2c(c1)N(C)C(=O)C(C)O2. The number of fused-ring (bicyclic) bond motifs is 1. The molecule has 1 unspecified atom stereocenters. The van der Waals surface area contributed by atoms with Gasteiger partial charge in [0.05, 0.1) is 5.69 Å². The van der Waals surface area contributed by atoms with Gasteiger partial charge in [-0.2, -0.15) is 0 Å². The predicted octanol–water partition coefficient (Wildman–Crippen LogP) is 1.70. The molecule has 0 spiro atoms. The maximum atomic E-state index is 12.2. The lowest BCUT2D eigenvalue weighted by molar-refractivity contribution is -0.125. The van der Waals surface area contributed by atoms with Gasteiger partial charge in [0, 0.05) is 32.0 Å². The topological polar surface area (TPSA) is 75.7 Å². The number of anilines is 1. The summed E-state index contributed by atoms with van der Waals surface area (Å²) in [6.45, 7) is 5.58. The highest BCUT2D eigenvalue weighted by Crippen LogP contribution is 2.34. The fraction of sp³-hybridized carbons (Fsp3) is 0.353. The fourth-order valence-corrected chi connectivity index (χ4v) is 2.33. The van der Waals surface area contributed by atoms with Crippen LogP contribution in [0.4, 0.5) is 5.69 Å². The lowest BCUT2D eigenvalue weighted by atomic mass is 10.0. The summed E-state index contributed by atoms with van der Waals surface area (Å²) in [5.74, 6) is 0.0625. The lowest BCUT2D eigenvalue weighted by Gasteiger charge is -2.30. The molecule has 0 aromatic heterocycles. The van der Waals surface area contributed by atoms with Crippen LogP contribution in [-0.2, 0) is 9.59 Å². The first kappa shape index (κ1) is 16.7. The minimum atomic E-state index is -0.539. The number of carbonyl (C=O) groups is 3. The summed E-state index contributed by atoms with van der Waals surface area (Å²) >= 11 is 0. The third kappa shape index (κ3) is 3.77. The van der Waals surface area contributed by atoms with Crippen LogP contribution in [0.3, 0.4) is 0 Å². The highest BCUT2D eigenvalue weighted by molar-refractivity contribution is 6.03. The van der Waals surface area contributed by atoms with Gasteiger partial charge >= 0.3 is 0 Å². The van der Waals surface area contributed by atoms with E-state index in [0.29, 0.717) is 23.5 Å². The standard InChI is InChI=1S/C17H20N2O4/c1-4-9-18-16(21)8-6-14(20)12-5-7-15-13(10-12)19(3)17(22)11(2)23-15/h4-5,7,10-11H,1,6,8-9H2,2-3H3,(H,18,21). The average Bonchev–Trinajstić information content (AvgIpc) is 2.55. The Morgan fingerprint density at radius 1 is 1.39 bits per heavy atom. The van der Waals surface area contributed by atoms with E-state index in [1.165, 1.54) is 4.90 Å². The van der Waals surface area contributed by atoms with E-state index in [9.17, 15) is 14.4 Å². The van der Waals surface area contributed by atoms with E-state index in [0.717, 1.165) is 0 Å². The normalized spacial score (nSPS) is 16.3. The van der Waals surface area contributed by atoms with Crippen molar-refractivity contribution in [2.75, 3.05) is 18.5 Å². The summed E-state index contributed by atoms with van der Waals surface area (Å²) < 4.78 is 5.52. The van der Waals surface area contributed by atoms with Crippen molar-refractivity contribution in [1.29, 1.82) is 0 Å². The van der Waals surface area contributed by atoms with Crippen LogP contribution in [-0.4, -0.2) is 37.3 Å². The number of likely N-dealkylation sites (N-methyl/N-ethyl adjacent to an activating group) is 1. The number of Topliss-reactive ketones (excluding diaryl/α,β-unsaturated/α-hetero) is 1. The van der Waals surface area contributed by atoms with Gasteiger partial charge in [-0.25, -0.2) is 0 Å². The van der Waals surface area contributed by atoms with Crippen molar-refractivity contribution in [2.45, 2.75) is 25.9 Å². The monoisotopic (exact) mass is 316 g/mol. The van der Waals surface area contributed by atoms with Crippen molar-refractivity contribution in [3.8, 4) is 5.75 Å². The number of nitrogens with zero attached hydrogens (tertiary/aromatic N) is 1. The largest absolute Gasteiger partial charge is 0.479 e. The summed E-state index contributed by atoms with van der Waals surface area (Å²) in [5, 5.41) is 2.62. The van der Waals surface area contributed by atoms with Crippen molar-refractivity contribution in [1.82, 2.24) is 5.32 Å². The van der Waals surface area contributed by atoms with Crippen molar-refractivity contribution >= 4 is 23.3 Å². The minimum Gasteiger partial charge on any atom is -0.479 e. The number of hydrogen-bond donors (Lipinski definition) is 1. The molecule has 0 radical (unpaired) electrons. The third-order valence-corrected chi connectivity index (χ3v) is 3.65. The zero-order valence-electron chi connectivity index (χ0n) is 13.3. The number of carbonyl (C=O) groups excluding carboxylic acids is 3. The van der Waals surface area contributed by atoms with E-state index >= 15 is 0 Å². The number of amides is 2. The second-order valence-electron chi connectivity index (χ2n) is 5.36. The average molecular weight is 316 g/mol. The molecule has 0 aliphatic carbocycles. The quantitative estimate of drug-likeness (QED) is 0.640. The van der Waals surface area contributed by atoms with Gasteiger partial charge in [0.25, 0.3) is 5.91 Å². The first-order valence-electron chi connectivity index (χ1n) is 7.43. The number of nitrogens with one attached hydrogen (secondary N) is 1. The van der Waals surface area contributed by atoms with Crippen molar-refractivity contribution in [2.24, 2.45) is 0 Å². The molecular formula is C17H20N2O4. The molecule has 2 amide bonds. The molecule has 1 aromatic rings. The zero-order chi connectivity index (χ0) is 17.0. The molecule has 122 valence electrons. The summed E-state index contributed by atoms with van der Waals surface area (Å²) in [5.41, 5.74) is 1.02. The summed E-state index contributed by atoms with van der Waals surface area (Å²) in [6, 6.07) is 4.96. The van der Waals surface area contributed by atoms with Gasteiger partial charge in [0.2, 0.25) is 5.91 Å². The van der Waals surface area contributed by atoms with E-state index in [2.05, 4.69) is 11.9 Å². The smallest absolute Gasteiger partial charge is 0.267 e. The van der Waals surface area contributed by atoms with Gasteiger partial charge in [-0.15, -0.1) is 6.58 Å². The molecule has 0 saturated heterocycles. The first-order chi connectivity index (χ1) is 10.9. The molecule has 6 heteroatoms. The maximum Gasteiger partial charge on any atom is 0.267 e. The number of hydrogen-bond acceptors (Lipinski definition) is 4. The molecule has 0 bridgehead atoms. The molecule has 0 saturated carbocycles. The maximum absolute atomic E-state index is 12.2. The highest BCUT2D eigenvalue weighted by Gasteiger charge is 2.29. The Kier molecular flexibility index (Phi) is 5.16.